The number of halogens is 1. The highest BCUT2D eigenvalue weighted by molar-refractivity contribution is 14.1. The van der Waals surface area contributed by atoms with E-state index in [0.717, 1.165) is 0 Å². The van der Waals surface area contributed by atoms with E-state index < -0.39 is 5.97 Å². The van der Waals surface area contributed by atoms with E-state index in [1.807, 2.05) is 22.6 Å². The number of rotatable bonds is 2. The first kappa shape index (κ1) is 10.8. The van der Waals surface area contributed by atoms with Gasteiger partial charge in [-0.1, -0.05) is 17.2 Å². The topological polar surface area (TPSA) is 75.1 Å². The number of ether oxygens (including phenoxy) is 1. The maximum absolute atomic E-state index is 11.2. The van der Waals surface area contributed by atoms with Crippen LogP contribution >= 0.6 is 22.6 Å². The number of nitrogens with zero attached hydrogens (tertiary/aromatic N) is 3. The van der Waals surface area contributed by atoms with E-state index in [0.29, 0.717) is 14.8 Å². The van der Waals surface area contributed by atoms with E-state index in [1.54, 1.807) is 18.2 Å². The van der Waals surface area contributed by atoms with Gasteiger partial charge in [-0.15, -0.1) is 0 Å². The van der Waals surface area contributed by atoms with Gasteiger partial charge < -0.3 is 4.74 Å². The molecule has 1 rings (SSSR count). The highest BCUT2D eigenvalue weighted by atomic mass is 127. The van der Waals surface area contributed by atoms with Crippen LogP contribution in [-0.4, -0.2) is 13.1 Å². The summed E-state index contributed by atoms with van der Waals surface area (Å²) in [6, 6.07) is 4.89. The Morgan fingerprint density at radius 1 is 1.64 bits per heavy atom. The molecule has 0 atom stereocenters. The van der Waals surface area contributed by atoms with Crippen molar-refractivity contribution in [3.8, 4) is 0 Å². The minimum absolute atomic E-state index is 0.401. The summed E-state index contributed by atoms with van der Waals surface area (Å²) in [6.45, 7) is 0. The second-order valence-corrected chi connectivity index (χ2v) is 3.40. The fourth-order valence-electron chi connectivity index (χ4n) is 0.913. The zero-order chi connectivity index (χ0) is 10.6. The SMILES string of the molecule is COC(=O)c1cccc(N=[N+]=[N-])c1I. The van der Waals surface area contributed by atoms with E-state index in [2.05, 4.69) is 14.8 Å². The molecule has 0 heterocycles. The van der Waals surface area contributed by atoms with Crippen molar-refractivity contribution in [3.05, 3.63) is 37.8 Å². The van der Waals surface area contributed by atoms with Gasteiger partial charge in [-0.25, -0.2) is 4.79 Å². The fourth-order valence-corrected chi connectivity index (χ4v) is 1.60. The van der Waals surface area contributed by atoms with Crippen LogP contribution in [0, 0.1) is 3.57 Å². The lowest BCUT2D eigenvalue weighted by atomic mass is 10.2. The third-order valence-electron chi connectivity index (χ3n) is 1.54. The number of hydrogen-bond donors (Lipinski definition) is 0. The molecule has 1 aromatic carbocycles. The Labute approximate surface area is 93.8 Å². The zero-order valence-electron chi connectivity index (χ0n) is 7.27. The van der Waals surface area contributed by atoms with Crippen molar-refractivity contribution in [1.29, 1.82) is 0 Å². The molecule has 0 aliphatic rings. The summed E-state index contributed by atoms with van der Waals surface area (Å²) in [4.78, 5) is 13.9. The molecule has 6 heteroatoms. The van der Waals surface area contributed by atoms with Crippen molar-refractivity contribution in [3.63, 3.8) is 0 Å². The standard InChI is InChI=1S/C8H6IN3O2/c1-14-8(13)5-3-2-4-6(7(5)9)11-12-10/h2-4H,1H3. The molecule has 0 aliphatic carbocycles. The van der Waals surface area contributed by atoms with Crippen molar-refractivity contribution < 1.29 is 9.53 Å². The summed E-state index contributed by atoms with van der Waals surface area (Å²) in [5.41, 5.74) is 9.10. The molecule has 0 saturated heterocycles. The number of hydrogen-bond acceptors (Lipinski definition) is 3. The van der Waals surface area contributed by atoms with Crippen molar-refractivity contribution in [2.45, 2.75) is 0 Å². The van der Waals surface area contributed by atoms with Crippen LogP contribution in [-0.2, 0) is 4.74 Å². The molecule has 0 N–H and O–H groups in total. The van der Waals surface area contributed by atoms with Gasteiger partial charge in [-0.05, 0) is 34.2 Å². The summed E-state index contributed by atoms with van der Waals surface area (Å²) < 4.78 is 5.16. The predicted octanol–water partition coefficient (Wildman–Crippen LogP) is 3.02. The van der Waals surface area contributed by atoms with Crippen molar-refractivity contribution in [2.24, 2.45) is 5.11 Å². The van der Waals surface area contributed by atoms with Gasteiger partial charge in [0.2, 0.25) is 0 Å². The summed E-state index contributed by atoms with van der Waals surface area (Å²) in [6.07, 6.45) is 0. The highest BCUT2D eigenvalue weighted by Crippen LogP contribution is 2.25. The lowest BCUT2D eigenvalue weighted by Crippen LogP contribution is -2.03. The summed E-state index contributed by atoms with van der Waals surface area (Å²) in [5.74, 6) is -0.440. The van der Waals surface area contributed by atoms with Crippen LogP contribution in [0.3, 0.4) is 0 Å². The Hall–Kier alpha value is -1.27. The molecular formula is C8H6IN3O2. The highest BCUT2D eigenvalue weighted by Gasteiger charge is 2.11. The van der Waals surface area contributed by atoms with Crippen LogP contribution in [0.5, 0.6) is 0 Å². The Bertz CT molecular complexity index is 413. The predicted molar refractivity (Wildman–Crippen MR) is 59.3 cm³/mol. The molecular weight excluding hydrogens is 297 g/mol. The van der Waals surface area contributed by atoms with Crippen LogP contribution < -0.4 is 0 Å². The van der Waals surface area contributed by atoms with Crippen LogP contribution in [0.2, 0.25) is 0 Å². The molecule has 0 aromatic heterocycles. The molecule has 5 nitrogen and oxygen atoms in total. The summed E-state index contributed by atoms with van der Waals surface area (Å²) >= 11 is 1.94. The Morgan fingerprint density at radius 3 is 2.93 bits per heavy atom. The lowest BCUT2D eigenvalue weighted by molar-refractivity contribution is 0.0599. The van der Waals surface area contributed by atoms with E-state index >= 15 is 0 Å². The van der Waals surface area contributed by atoms with E-state index in [1.165, 1.54) is 7.11 Å². The van der Waals surface area contributed by atoms with Crippen LogP contribution in [0.25, 0.3) is 10.4 Å². The van der Waals surface area contributed by atoms with Crippen molar-refractivity contribution >= 4 is 34.2 Å². The zero-order valence-corrected chi connectivity index (χ0v) is 9.43. The van der Waals surface area contributed by atoms with Gasteiger partial charge in [-0.3, -0.25) is 0 Å². The molecule has 0 radical (unpaired) electrons. The Balaban J connectivity index is 3.26. The smallest absolute Gasteiger partial charge is 0.338 e. The van der Waals surface area contributed by atoms with E-state index in [-0.39, 0.29) is 0 Å². The summed E-state index contributed by atoms with van der Waals surface area (Å²) in [7, 11) is 1.30. The number of carbonyl (C=O) groups excluding carboxylic acids is 1. The lowest BCUT2D eigenvalue weighted by Gasteiger charge is -2.03. The Kier molecular flexibility index (Phi) is 3.73. The normalized spacial score (nSPS) is 9.00. The molecule has 1 aromatic rings. The van der Waals surface area contributed by atoms with Crippen LogP contribution in [0.15, 0.2) is 23.3 Å². The van der Waals surface area contributed by atoms with Gasteiger partial charge in [0, 0.05) is 8.48 Å². The molecule has 0 spiro atoms. The van der Waals surface area contributed by atoms with Gasteiger partial charge in [0.15, 0.2) is 0 Å². The fraction of sp³-hybridized carbons (Fsp3) is 0.125. The number of methoxy groups -OCH3 is 1. The van der Waals surface area contributed by atoms with E-state index in [9.17, 15) is 4.79 Å². The largest absolute Gasteiger partial charge is 0.465 e. The number of esters is 1. The van der Waals surface area contributed by atoms with Gasteiger partial charge in [-0.2, -0.15) is 0 Å². The molecule has 0 bridgehead atoms. The third kappa shape index (κ3) is 2.15. The van der Waals surface area contributed by atoms with Crippen molar-refractivity contribution in [2.75, 3.05) is 7.11 Å². The van der Waals surface area contributed by atoms with Crippen LogP contribution in [0.1, 0.15) is 10.4 Å². The maximum atomic E-state index is 11.2. The van der Waals surface area contributed by atoms with Crippen LogP contribution in [0.4, 0.5) is 5.69 Å². The van der Waals surface area contributed by atoms with Gasteiger partial charge in [0.25, 0.3) is 0 Å². The minimum atomic E-state index is -0.440. The number of benzene rings is 1. The minimum Gasteiger partial charge on any atom is -0.465 e. The van der Waals surface area contributed by atoms with Gasteiger partial charge in [0.1, 0.15) is 0 Å². The second kappa shape index (κ2) is 4.83. The first-order chi connectivity index (χ1) is 6.70. The second-order valence-electron chi connectivity index (χ2n) is 2.32. The van der Waals surface area contributed by atoms with Gasteiger partial charge >= 0.3 is 5.97 Å². The first-order valence-corrected chi connectivity index (χ1v) is 4.70. The molecule has 0 aliphatic heterocycles. The third-order valence-corrected chi connectivity index (χ3v) is 2.67. The Morgan fingerprint density at radius 2 is 2.36 bits per heavy atom. The molecule has 0 saturated carbocycles. The summed E-state index contributed by atoms with van der Waals surface area (Å²) in [5, 5.41) is 3.45. The molecule has 0 amide bonds. The molecule has 14 heavy (non-hydrogen) atoms. The van der Waals surface area contributed by atoms with Gasteiger partial charge in [0.05, 0.1) is 18.4 Å². The maximum Gasteiger partial charge on any atom is 0.338 e. The molecule has 0 unspecified atom stereocenters. The number of carbonyl (C=O) groups is 1. The quantitative estimate of drug-likeness (QED) is 0.277. The first-order valence-electron chi connectivity index (χ1n) is 3.62. The average molecular weight is 303 g/mol. The average Bonchev–Trinajstić information content (AvgIpc) is 2.20. The van der Waals surface area contributed by atoms with E-state index in [4.69, 9.17) is 5.53 Å². The number of azide groups is 1. The molecule has 0 fully saturated rings. The monoisotopic (exact) mass is 303 g/mol. The molecule has 72 valence electrons. The van der Waals surface area contributed by atoms with Crippen molar-refractivity contribution in [1.82, 2.24) is 0 Å².